The highest BCUT2D eigenvalue weighted by molar-refractivity contribution is 5.79. The molecule has 5 nitrogen and oxygen atoms in total. The lowest BCUT2D eigenvalue weighted by molar-refractivity contribution is -0.130. The molecule has 25 heavy (non-hydrogen) atoms. The van der Waals surface area contributed by atoms with Gasteiger partial charge in [0, 0.05) is 26.1 Å². The number of hydrogen-bond donors (Lipinski definition) is 0. The van der Waals surface area contributed by atoms with Crippen LogP contribution in [0.4, 0.5) is 0 Å². The molecular formula is C20H20N4O. The van der Waals surface area contributed by atoms with Crippen molar-refractivity contribution in [3.63, 3.8) is 0 Å². The summed E-state index contributed by atoms with van der Waals surface area (Å²) in [6, 6.07) is 18.5. The summed E-state index contributed by atoms with van der Waals surface area (Å²) in [6.45, 7) is 2.19. The molecule has 2 heterocycles. The predicted octanol–water partition coefficient (Wildman–Crippen LogP) is 2.57. The summed E-state index contributed by atoms with van der Waals surface area (Å²) >= 11 is 0. The second kappa shape index (κ2) is 6.89. The van der Waals surface area contributed by atoms with Gasteiger partial charge in [0.1, 0.15) is 12.2 Å². The summed E-state index contributed by atoms with van der Waals surface area (Å²) in [5, 5.41) is 8.03. The molecule has 1 amide bonds. The fraction of sp³-hybridized carbons (Fsp3) is 0.250. The molecule has 0 atom stereocenters. The van der Waals surface area contributed by atoms with Crippen molar-refractivity contribution in [3.05, 3.63) is 72.3 Å². The Balaban J connectivity index is 1.40. The summed E-state index contributed by atoms with van der Waals surface area (Å²) in [7, 11) is 0. The van der Waals surface area contributed by atoms with Crippen LogP contribution in [0.25, 0.3) is 11.1 Å². The van der Waals surface area contributed by atoms with Crippen LogP contribution in [0.3, 0.4) is 0 Å². The van der Waals surface area contributed by atoms with Gasteiger partial charge in [-0.3, -0.25) is 4.79 Å². The third-order valence-corrected chi connectivity index (χ3v) is 4.68. The Morgan fingerprint density at radius 2 is 1.68 bits per heavy atom. The number of carbonyl (C=O) groups is 1. The van der Waals surface area contributed by atoms with E-state index in [0.717, 1.165) is 24.4 Å². The Morgan fingerprint density at radius 1 is 0.920 bits per heavy atom. The third kappa shape index (κ3) is 3.45. The number of carbonyl (C=O) groups excluding carboxylic acids is 1. The van der Waals surface area contributed by atoms with Gasteiger partial charge in [0.15, 0.2) is 0 Å². The van der Waals surface area contributed by atoms with Crippen molar-refractivity contribution in [1.29, 1.82) is 0 Å². The Bertz CT molecular complexity index is 832. The Labute approximate surface area is 146 Å². The van der Waals surface area contributed by atoms with Gasteiger partial charge in [-0.1, -0.05) is 54.6 Å². The topological polar surface area (TPSA) is 51.0 Å². The number of benzene rings is 2. The highest BCUT2D eigenvalue weighted by Gasteiger charge is 2.19. The van der Waals surface area contributed by atoms with E-state index in [2.05, 4.69) is 34.5 Å². The van der Waals surface area contributed by atoms with Crippen molar-refractivity contribution in [2.45, 2.75) is 19.4 Å². The Morgan fingerprint density at radius 3 is 2.48 bits per heavy atom. The lowest BCUT2D eigenvalue weighted by Gasteiger charge is -2.20. The molecule has 5 heteroatoms. The summed E-state index contributed by atoms with van der Waals surface area (Å²) in [4.78, 5) is 14.6. The number of fused-ring (bicyclic) bond motifs is 1. The fourth-order valence-corrected chi connectivity index (χ4v) is 3.22. The van der Waals surface area contributed by atoms with E-state index in [0.29, 0.717) is 19.5 Å². The summed E-state index contributed by atoms with van der Waals surface area (Å²) in [6.07, 6.45) is 2.94. The molecule has 0 bridgehead atoms. The first-order valence-electron chi connectivity index (χ1n) is 8.58. The maximum Gasteiger partial charge on any atom is 0.227 e. The number of amides is 1. The molecule has 126 valence electrons. The molecule has 4 rings (SSSR count). The van der Waals surface area contributed by atoms with E-state index in [-0.39, 0.29) is 5.91 Å². The second-order valence-corrected chi connectivity index (χ2v) is 6.31. The van der Waals surface area contributed by atoms with Crippen LogP contribution < -0.4 is 0 Å². The van der Waals surface area contributed by atoms with Crippen LogP contribution in [0.1, 0.15) is 11.4 Å². The van der Waals surface area contributed by atoms with Crippen LogP contribution >= 0.6 is 0 Å². The fourth-order valence-electron chi connectivity index (χ4n) is 3.22. The van der Waals surface area contributed by atoms with Crippen molar-refractivity contribution < 1.29 is 4.79 Å². The monoisotopic (exact) mass is 332 g/mol. The Kier molecular flexibility index (Phi) is 4.29. The minimum absolute atomic E-state index is 0.172. The van der Waals surface area contributed by atoms with Gasteiger partial charge in [0.25, 0.3) is 0 Å². The standard InChI is InChI=1S/C20H20N4O/c25-20(23-11-10-19-22-21-15-24(19)13-12-23)14-16-6-8-18(9-7-16)17-4-2-1-3-5-17/h1-9,15H,10-14H2. The molecule has 0 unspecified atom stereocenters. The van der Waals surface area contributed by atoms with Gasteiger partial charge < -0.3 is 9.47 Å². The van der Waals surface area contributed by atoms with E-state index < -0.39 is 0 Å². The molecular weight excluding hydrogens is 312 g/mol. The van der Waals surface area contributed by atoms with E-state index in [1.807, 2.05) is 39.8 Å². The first-order chi connectivity index (χ1) is 12.3. The normalized spacial score (nSPS) is 14.0. The number of hydrogen-bond acceptors (Lipinski definition) is 3. The first kappa shape index (κ1) is 15.6. The lowest BCUT2D eigenvalue weighted by atomic mass is 10.0. The quantitative estimate of drug-likeness (QED) is 0.741. The molecule has 0 saturated heterocycles. The van der Waals surface area contributed by atoms with E-state index >= 15 is 0 Å². The van der Waals surface area contributed by atoms with Crippen molar-refractivity contribution in [1.82, 2.24) is 19.7 Å². The van der Waals surface area contributed by atoms with Gasteiger partial charge in [0.2, 0.25) is 5.91 Å². The van der Waals surface area contributed by atoms with E-state index in [4.69, 9.17) is 0 Å². The van der Waals surface area contributed by atoms with Gasteiger partial charge in [-0.05, 0) is 16.7 Å². The number of nitrogens with zero attached hydrogens (tertiary/aromatic N) is 4. The van der Waals surface area contributed by atoms with Crippen molar-refractivity contribution in [2.75, 3.05) is 13.1 Å². The van der Waals surface area contributed by atoms with Gasteiger partial charge in [-0.2, -0.15) is 0 Å². The average molecular weight is 332 g/mol. The molecule has 1 aliphatic rings. The highest BCUT2D eigenvalue weighted by Crippen LogP contribution is 2.19. The number of rotatable bonds is 3. The molecule has 0 N–H and O–H groups in total. The van der Waals surface area contributed by atoms with Crippen LogP contribution in [0.15, 0.2) is 60.9 Å². The highest BCUT2D eigenvalue weighted by atomic mass is 16.2. The molecule has 1 aliphatic heterocycles. The summed E-state index contributed by atoms with van der Waals surface area (Å²) < 4.78 is 2.03. The molecule has 0 aliphatic carbocycles. The van der Waals surface area contributed by atoms with E-state index in [1.54, 1.807) is 6.33 Å². The van der Waals surface area contributed by atoms with Crippen molar-refractivity contribution in [2.24, 2.45) is 0 Å². The van der Waals surface area contributed by atoms with Gasteiger partial charge in [-0.25, -0.2) is 0 Å². The molecule has 0 spiro atoms. The van der Waals surface area contributed by atoms with Gasteiger partial charge in [-0.15, -0.1) is 10.2 Å². The first-order valence-corrected chi connectivity index (χ1v) is 8.58. The van der Waals surface area contributed by atoms with Crippen LogP contribution in [-0.2, 0) is 24.2 Å². The zero-order chi connectivity index (χ0) is 17.1. The molecule has 0 fully saturated rings. The minimum atomic E-state index is 0.172. The average Bonchev–Trinajstić information content (AvgIpc) is 3.01. The lowest BCUT2D eigenvalue weighted by Crippen LogP contribution is -2.34. The smallest absolute Gasteiger partial charge is 0.227 e. The molecule has 2 aromatic carbocycles. The summed E-state index contributed by atoms with van der Waals surface area (Å²) in [5.41, 5.74) is 3.41. The van der Waals surface area contributed by atoms with Crippen LogP contribution in [0.5, 0.6) is 0 Å². The van der Waals surface area contributed by atoms with Crippen LogP contribution in [0, 0.1) is 0 Å². The second-order valence-electron chi connectivity index (χ2n) is 6.31. The van der Waals surface area contributed by atoms with E-state index in [1.165, 1.54) is 11.1 Å². The SMILES string of the molecule is O=C(Cc1ccc(-c2ccccc2)cc1)N1CCc2nncn2CC1. The zero-order valence-electron chi connectivity index (χ0n) is 14.0. The van der Waals surface area contributed by atoms with Crippen LogP contribution in [0.2, 0.25) is 0 Å². The number of aromatic nitrogens is 3. The van der Waals surface area contributed by atoms with Gasteiger partial charge >= 0.3 is 0 Å². The predicted molar refractivity (Wildman–Crippen MR) is 95.9 cm³/mol. The maximum absolute atomic E-state index is 12.6. The van der Waals surface area contributed by atoms with Crippen LogP contribution in [-0.4, -0.2) is 38.7 Å². The molecule has 3 aromatic rings. The minimum Gasteiger partial charge on any atom is -0.340 e. The molecule has 1 aromatic heterocycles. The largest absolute Gasteiger partial charge is 0.340 e. The van der Waals surface area contributed by atoms with E-state index in [9.17, 15) is 4.79 Å². The van der Waals surface area contributed by atoms with Crippen molar-refractivity contribution in [3.8, 4) is 11.1 Å². The maximum atomic E-state index is 12.6. The molecule has 0 radical (unpaired) electrons. The molecule has 0 saturated carbocycles. The van der Waals surface area contributed by atoms with Crippen molar-refractivity contribution >= 4 is 5.91 Å². The van der Waals surface area contributed by atoms with Gasteiger partial charge in [0.05, 0.1) is 6.42 Å². The Hall–Kier alpha value is -2.95. The summed E-state index contributed by atoms with van der Waals surface area (Å²) in [5.74, 6) is 1.13. The zero-order valence-corrected chi connectivity index (χ0v) is 14.0. The third-order valence-electron chi connectivity index (χ3n) is 4.68.